The molecule has 1 aliphatic rings. The summed E-state index contributed by atoms with van der Waals surface area (Å²) in [6.07, 6.45) is 0. The molecule has 1 aromatic carbocycles. The number of methoxy groups -OCH3 is 1. The van der Waals surface area contributed by atoms with E-state index in [4.69, 9.17) is 0 Å². The summed E-state index contributed by atoms with van der Waals surface area (Å²) in [5.41, 5.74) is 0.140. The molecule has 0 aliphatic carbocycles. The van der Waals surface area contributed by atoms with Crippen molar-refractivity contribution in [1.82, 2.24) is 0 Å². The normalized spacial score (nSPS) is 13.2. The summed E-state index contributed by atoms with van der Waals surface area (Å²) in [5.74, 6) is -2.02. The minimum absolute atomic E-state index is 0.0124. The Balaban J connectivity index is 2.09. The summed E-state index contributed by atoms with van der Waals surface area (Å²) in [5, 5.41) is 12.1. The molecule has 1 aliphatic heterocycles. The first-order chi connectivity index (χ1) is 11.0. The van der Waals surface area contributed by atoms with Gasteiger partial charge >= 0.3 is 11.0 Å². The number of imide groups is 1. The Morgan fingerprint density at radius 2 is 1.91 bits per heavy atom. The second kappa shape index (κ2) is 5.29. The van der Waals surface area contributed by atoms with Crippen LogP contribution in [0.2, 0.25) is 0 Å². The number of rotatable bonds is 3. The smallest absolute Gasteiger partial charge is 0.348 e. The molecule has 0 bridgehead atoms. The summed E-state index contributed by atoms with van der Waals surface area (Å²) < 4.78 is 4.57. The van der Waals surface area contributed by atoms with Gasteiger partial charge in [-0.05, 0) is 29.6 Å². The van der Waals surface area contributed by atoms with Crippen LogP contribution in [0.1, 0.15) is 31.1 Å². The number of ether oxygens (including phenoxy) is 1. The fraction of sp³-hybridized carbons (Fsp3) is 0.0714. The highest BCUT2D eigenvalue weighted by atomic mass is 32.1. The minimum atomic E-state index is -0.711. The number of esters is 1. The molecule has 0 N–H and O–H groups in total. The monoisotopic (exact) mass is 332 g/mol. The van der Waals surface area contributed by atoms with Crippen molar-refractivity contribution in [2.45, 2.75) is 0 Å². The van der Waals surface area contributed by atoms with Gasteiger partial charge in [0.1, 0.15) is 5.69 Å². The highest BCUT2D eigenvalue weighted by Crippen LogP contribution is 2.38. The van der Waals surface area contributed by atoms with Crippen LogP contribution in [0, 0.1) is 10.1 Å². The van der Waals surface area contributed by atoms with E-state index in [1.54, 1.807) is 0 Å². The van der Waals surface area contributed by atoms with Gasteiger partial charge in [-0.2, -0.15) is 0 Å². The van der Waals surface area contributed by atoms with E-state index < -0.39 is 22.7 Å². The van der Waals surface area contributed by atoms with E-state index in [0.29, 0.717) is 0 Å². The van der Waals surface area contributed by atoms with Gasteiger partial charge in [-0.3, -0.25) is 19.7 Å². The van der Waals surface area contributed by atoms with Crippen molar-refractivity contribution in [3.8, 4) is 0 Å². The average molecular weight is 332 g/mol. The van der Waals surface area contributed by atoms with Crippen LogP contribution in [0.25, 0.3) is 0 Å². The highest BCUT2D eigenvalue weighted by molar-refractivity contribution is 7.14. The van der Waals surface area contributed by atoms with E-state index in [2.05, 4.69) is 4.74 Å². The molecule has 0 fully saturated rings. The molecule has 116 valence electrons. The van der Waals surface area contributed by atoms with Crippen molar-refractivity contribution < 1.29 is 24.0 Å². The Morgan fingerprint density at radius 3 is 2.57 bits per heavy atom. The lowest BCUT2D eigenvalue weighted by Crippen LogP contribution is -2.29. The molecule has 0 radical (unpaired) electrons. The van der Waals surface area contributed by atoms with Gasteiger partial charge in [0.2, 0.25) is 0 Å². The van der Waals surface area contributed by atoms with Crippen molar-refractivity contribution in [1.29, 1.82) is 0 Å². The maximum atomic E-state index is 12.5. The van der Waals surface area contributed by atoms with E-state index in [1.807, 2.05) is 0 Å². The zero-order valence-corrected chi connectivity index (χ0v) is 12.5. The summed E-state index contributed by atoms with van der Waals surface area (Å²) in [6, 6.07) is 5.28. The Bertz CT molecular complexity index is 872. The Labute approximate surface area is 133 Å². The van der Waals surface area contributed by atoms with Gasteiger partial charge < -0.3 is 4.74 Å². The van der Waals surface area contributed by atoms with Crippen LogP contribution in [-0.4, -0.2) is 29.8 Å². The molecule has 3 rings (SSSR count). The Hall–Kier alpha value is -3.07. The lowest BCUT2D eigenvalue weighted by molar-refractivity contribution is -0.379. The Kier molecular flexibility index (Phi) is 3.41. The largest absolute Gasteiger partial charge is 0.465 e. The first-order valence-corrected chi connectivity index (χ1v) is 7.16. The van der Waals surface area contributed by atoms with Crippen molar-refractivity contribution in [2.75, 3.05) is 12.0 Å². The molecular formula is C14H8N2O6S. The van der Waals surface area contributed by atoms with Crippen molar-refractivity contribution in [3.63, 3.8) is 0 Å². The Morgan fingerprint density at radius 1 is 1.22 bits per heavy atom. The molecular weight excluding hydrogens is 324 g/mol. The van der Waals surface area contributed by atoms with Crippen LogP contribution >= 0.6 is 11.3 Å². The number of carbonyl (C=O) groups excluding carboxylic acids is 3. The molecule has 1 aromatic heterocycles. The van der Waals surface area contributed by atoms with Gasteiger partial charge in [-0.15, -0.1) is 0 Å². The third-order valence-electron chi connectivity index (χ3n) is 3.34. The maximum absolute atomic E-state index is 12.5. The first-order valence-electron chi connectivity index (χ1n) is 6.28. The third kappa shape index (κ3) is 2.18. The summed E-state index contributed by atoms with van der Waals surface area (Å²) in [6.45, 7) is 0. The summed E-state index contributed by atoms with van der Waals surface area (Å²) in [4.78, 5) is 47.5. The number of amides is 2. The molecule has 0 unspecified atom stereocenters. The van der Waals surface area contributed by atoms with Crippen molar-refractivity contribution in [3.05, 3.63) is 56.5 Å². The third-order valence-corrected chi connectivity index (χ3v) is 4.19. The number of nitrogens with zero attached hydrogens (tertiary/aromatic N) is 2. The van der Waals surface area contributed by atoms with E-state index in [9.17, 15) is 24.5 Å². The van der Waals surface area contributed by atoms with Crippen LogP contribution in [0.15, 0.2) is 29.6 Å². The van der Waals surface area contributed by atoms with E-state index >= 15 is 0 Å². The number of fused-ring (bicyclic) bond motifs is 1. The second-order valence-electron chi connectivity index (χ2n) is 4.57. The molecule has 0 atom stereocenters. The fourth-order valence-electron chi connectivity index (χ4n) is 2.31. The van der Waals surface area contributed by atoms with E-state index in [-0.39, 0.29) is 27.4 Å². The topological polar surface area (TPSA) is 107 Å². The van der Waals surface area contributed by atoms with E-state index in [1.165, 1.54) is 36.8 Å². The summed E-state index contributed by atoms with van der Waals surface area (Å²) in [7, 11) is 1.20. The number of nitro groups is 1. The van der Waals surface area contributed by atoms with Crippen LogP contribution in [0.5, 0.6) is 0 Å². The standard InChI is InChI=1S/C14H8N2O6S/c1-22-14(19)7-2-3-8-9(6-7)12(18)15(11(8)17)10-4-5-23-13(10)16(20)21/h2-6H,1H3. The SMILES string of the molecule is COC(=O)c1ccc2c(c1)C(=O)N(c1ccsc1[N+](=O)[O-])C2=O. The first kappa shape index (κ1) is 14.9. The van der Waals surface area contributed by atoms with Crippen LogP contribution in [0.3, 0.4) is 0 Å². The number of carbonyl (C=O) groups is 3. The maximum Gasteiger partial charge on any atom is 0.348 e. The predicted molar refractivity (Wildman–Crippen MR) is 79.9 cm³/mol. The van der Waals surface area contributed by atoms with Gasteiger partial charge in [-0.1, -0.05) is 11.3 Å². The van der Waals surface area contributed by atoms with Crippen LogP contribution in [-0.2, 0) is 4.74 Å². The number of thiophene rings is 1. The molecule has 2 heterocycles. The minimum Gasteiger partial charge on any atom is -0.465 e. The second-order valence-corrected chi connectivity index (χ2v) is 5.46. The number of benzene rings is 1. The molecule has 2 amide bonds. The molecule has 9 heteroatoms. The van der Waals surface area contributed by atoms with E-state index in [0.717, 1.165) is 16.2 Å². The lowest BCUT2D eigenvalue weighted by Gasteiger charge is -2.10. The lowest BCUT2D eigenvalue weighted by atomic mass is 10.1. The van der Waals surface area contributed by atoms with Crippen LogP contribution < -0.4 is 4.90 Å². The molecule has 8 nitrogen and oxygen atoms in total. The molecule has 0 saturated heterocycles. The zero-order valence-electron chi connectivity index (χ0n) is 11.6. The quantitative estimate of drug-likeness (QED) is 0.369. The number of anilines is 1. The molecule has 0 saturated carbocycles. The average Bonchev–Trinajstić information content (AvgIpc) is 3.10. The fourth-order valence-corrected chi connectivity index (χ4v) is 3.00. The highest BCUT2D eigenvalue weighted by Gasteiger charge is 2.40. The molecule has 0 spiro atoms. The number of hydrogen-bond acceptors (Lipinski definition) is 7. The van der Waals surface area contributed by atoms with Crippen LogP contribution in [0.4, 0.5) is 10.7 Å². The number of hydrogen-bond donors (Lipinski definition) is 0. The summed E-state index contributed by atoms with van der Waals surface area (Å²) >= 11 is 0.820. The van der Waals surface area contributed by atoms with Gasteiger partial charge in [0.15, 0.2) is 0 Å². The van der Waals surface area contributed by atoms with Gasteiger partial charge in [0, 0.05) is 0 Å². The molecule has 23 heavy (non-hydrogen) atoms. The molecule has 2 aromatic rings. The predicted octanol–water partition coefficient (Wildman–Crippen LogP) is 2.24. The van der Waals surface area contributed by atoms with Gasteiger partial charge in [0.25, 0.3) is 11.8 Å². The zero-order chi connectivity index (χ0) is 16.7. The van der Waals surface area contributed by atoms with Crippen molar-refractivity contribution >= 4 is 39.8 Å². The van der Waals surface area contributed by atoms with Crippen molar-refractivity contribution in [2.24, 2.45) is 0 Å². The van der Waals surface area contributed by atoms with Gasteiger partial charge in [-0.25, -0.2) is 9.69 Å². The van der Waals surface area contributed by atoms with Gasteiger partial charge in [0.05, 0.1) is 28.7 Å².